The molecule has 30 heavy (non-hydrogen) atoms. The first-order chi connectivity index (χ1) is 14.3. The molecule has 8 heteroatoms. The zero-order chi connectivity index (χ0) is 21.7. The van der Waals surface area contributed by atoms with Crippen LogP contribution in [-0.2, 0) is 16.6 Å². The SMILES string of the molecule is CN(Cc1cccc(C(N)=O)c1)C(=O)c1cccc(NS(=O)(=O)c2ccccc2)c1. The van der Waals surface area contributed by atoms with E-state index in [4.69, 9.17) is 5.73 Å². The van der Waals surface area contributed by atoms with Crippen molar-refractivity contribution in [3.05, 3.63) is 95.6 Å². The highest BCUT2D eigenvalue weighted by molar-refractivity contribution is 7.92. The number of carbonyl (C=O) groups excluding carboxylic acids is 2. The Hall–Kier alpha value is -3.65. The van der Waals surface area contributed by atoms with E-state index in [1.165, 1.54) is 23.1 Å². The maximum absolute atomic E-state index is 12.8. The third kappa shape index (κ3) is 5.03. The van der Waals surface area contributed by atoms with Gasteiger partial charge in [0, 0.05) is 30.4 Å². The van der Waals surface area contributed by atoms with Gasteiger partial charge in [0.05, 0.1) is 4.90 Å². The number of primary amides is 1. The molecule has 0 heterocycles. The van der Waals surface area contributed by atoms with Crippen LogP contribution in [0.4, 0.5) is 5.69 Å². The summed E-state index contributed by atoms with van der Waals surface area (Å²) in [5.74, 6) is -0.829. The Bertz CT molecular complexity index is 1180. The van der Waals surface area contributed by atoms with Crippen molar-refractivity contribution in [3.8, 4) is 0 Å². The van der Waals surface area contributed by atoms with Crippen LogP contribution in [0.15, 0.2) is 83.8 Å². The lowest BCUT2D eigenvalue weighted by Gasteiger charge is -2.18. The van der Waals surface area contributed by atoms with Crippen LogP contribution in [0.3, 0.4) is 0 Å². The predicted molar refractivity (Wildman–Crippen MR) is 114 cm³/mol. The molecule has 0 saturated carbocycles. The second-order valence-corrected chi connectivity index (χ2v) is 8.41. The lowest BCUT2D eigenvalue weighted by Crippen LogP contribution is -2.26. The number of benzene rings is 3. The van der Waals surface area contributed by atoms with Gasteiger partial charge in [-0.2, -0.15) is 0 Å². The van der Waals surface area contributed by atoms with Crippen LogP contribution in [0, 0.1) is 0 Å². The van der Waals surface area contributed by atoms with Crippen LogP contribution in [0.5, 0.6) is 0 Å². The molecule has 7 nitrogen and oxygen atoms in total. The van der Waals surface area contributed by atoms with Gasteiger partial charge in [0.25, 0.3) is 15.9 Å². The third-order valence-electron chi connectivity index (χ3n) is 4.39. The van der Waals surface area contributed by atoms with Crippen molar-refractivity contribution in [2.24, 2.45) is 5.73 Å². The second kappa shape index (κ2) is 8.79. The fourth-order valence-electron chi connectivity index (χ4n) is 2.92. The van der Waals surface area contributed by atoms with Crippen LogP contribution in [0.25, 0.3) is 0 Å². The second-order valence-electron chi connectivity index (χ2n) is 6.73. The zero-order valence-electron chi connectivity index (χ0n) is 16.3. The highest BCUT2D eigenvalue weighted by Crippen LogP contribution is 2.18. The largest absolute Gasteiger partial charge is 0.366 e. The minimum atomic E-state index is -3.76. The number of nitrogens with zero attached hydrogens (tertiary/aromatic N) is 1. The molecule has 0 aliphatic rings. The van der Waals surface area contributed by atoms with E-state index in [0.717, 1.165) is 5.56 Å². The Morgan fingerprint density at radius 1 is 0.900 bits per heavy atom. The zero-order valence-corrected chi connectivity index (χ0v) is 17.1. The molecule has 0 aromatic heterocycles. The van der Waals surface area contributed by atoms with Crippen molar-refractivity contribution < 1.29 is 18.0 Å². The Balaban J connectivity index is 1.76. The number of nitrogens with one attached hydrogen (secondary N) is 1. The molecule has 0 aliphatic carbocycles. The summed E-state index contributed by atoms with van der Waals surface area (Å²) < 4.78 is 27.5. The van der Waals surface area contributed by atoms with E-state index in [1.54, 1.807) is 67.7 Å². The maximum Gasteiger partial charge on any atom is 0.261 e. The quantitative estimate of drug-likeness (QED) is 0.609. The Morgan fingerprint density at radius 3 is 2.27 bits per heavy atom. The summed E-state index contributed by atoms with van der Waals surface area (Å²) in [6.45, 7) is 0.264. The van der Waals surface area contributed by atoms with E-state index in [2.05, 4.69) is 4.72 Å². The summed E-state index contributed by atoms with van der Waals surface area (Å²) in [5, 5.41) is 0. The van der Waals surface area contributed by atoms with Gasteiger partial charge in [0.2, 0.25) is 5.91 Å². The summed E-state index contributed by atoms with van der Waals surface area (Å²) >= 11 is 0. The average molecular weight is 423 g/mol. The molecule has 154 valence electrons. The van der Waals surface area contributed by atoms with Crippen molar-refractivity contribution >= 4 is 27.5 Å². The normalized spacial score (nSPS) is 11.0. The van der Waals surface area contributed by atoms with E-state index in [1.807, 2.05) is 0 Å². The number of anilines is 1. The number of sulfonamides is 1. The number of hydrogen-bond acceptors (Lipinski definition) is 4. The predicted octanol–water partition coefficient (Wildman–Crippen LogP) is 2.86. The van der Waals surface area contributed by atoms with Gasteiger partial charge < -0.3 is 10.6 Å². The first kappa shape index (κ1) is 21.1. The molecule has 0 bridgehead atoms. The van der Waals surface area contributed by atoms with E-state index in [0.29, 0.717) is 11.1 Å². The highest BCUT2D eigenvalue weighted by atomic mass is 32.2. The molecule has 0 radical (unpaired) electrons. The van der Waals surface area contributed by atoms with Crippen molar-refractivity contribution in [2.45, 2.75) is 11.4 Å². The van der Waals surface area contributed by atoms with Crippen LogP contribution in [0.1, 0.15) is 26.3 Å². The van der Waals surface area contributed by atoms with Crippen LogP contribution < -0.4 is 10.5 Å². The molecule has 2 amide bonds. The molecule has 3 aromatic carbocycles. The first-order valence-electron chi connectivity index (χ1n) is 9.08. The molecule has 0 atom stereocenters. The highest BCUT2D eigenvalue weighted by Gasteiger charge is 2.16. The van der Waals surface area contributed by atoms with Crippen molar-refractivity contribution in [1.29, 1.82) is 0 Å². The Labute approximate surface area is 175 Å². The van der Waals surface area contributed by atoms with Gasteiger partial charge in [-0.3, -0.25) is 14.3 Å². The molecule has 0 fully saturated rings. The summed E-state index contributed by atoms with van der Waals surface area (Å²) in [6, 6.07) is 21.0. The topological polar surface area (TPSA) is 110 Å². The van der Waals surface area contributed by atoms with E-state index in [9.17, 15) is 18.0 Å². The molecule has 3 aromatic rings. The fraction of sp³-hybridized carbons (Fsp3) is 0.0909. The summed E-state index contributed by atoms with van der Waals surface area (Å²) in [5.41, 5.74) is 7.03. The minimum Gasteiger partial charge on any atom is -0.366 e. The van der Waals surface area contributed by atoms with Crippen LogP contribution >= 0.6 is 0 Å². The van der Waals surface area contributed by atoms with Crippen molar-refractivity contribution in [3.63, 3.8) is 0 Å². The van der Waals surface area contributed by atoms with Gasteiger partial charge in [0.1, 0.15) is 0 Å². The number of hydrogen-bond donors (Lipinski definition) is 2. The summed E-state index contributed by atoms with van der Waals surface area (Å²) in [4.78, 5) is 25.8. The lowest BCUT2D eigenvalue weighted by molar-refractivity contribution is 0.0785. The van der Waals surface area contributed by atoms with Crippen LogP contribution in [-0.4, -0.2) is 32.2 Å². The van der Waals surface area contributed by atoms with Gasteiger partial charge in [0.15, 0.2) is 0 Å². The number of rotatable bonds is 7. The smallest absolute Gasteiger partial charge is 0.261 e. The molecule has 0 saturated heterocycles. The van der Waals surface area contributed by atoms with Gasteiger partial charge in [-0.1, -0.05) is 36.4 Å². The van der Waals surface area contributed by atoms with Gasteiger partial charge >= 0.3 is 0 Å². The van der Waals surface area contributed by atoms with E-state index in [-0.39, 0.29) is 23.0 Å². The van der Waals surface area contributed by atoms with Gasteiger partial charge in [-0.05, 0) is 48.0 Å². The molecule has 0 aliphatic heterocycles. The number of carbonyl (C=O) groups is 2. The summed E-state index contributed by atoms with van der Waals surface area (Å²) in [6.07, 6.45) is 0. The monoisotopic (exact) mass is 423 g/mol. The van der Waals surface area contributed by atoms with Crippen molar-refractivity contribution in [2.75, 3.05) is 11.8 Å². The van der Waals surface area contributed by atoms with Crippen LogP contribution in [0.2, 0.25) is 0 Å². The lowest BCUT2D eigenvalue weighted by atomic mass is 10.1. The standard InChI is InChI=1S/C22H21N3O4S/c1-25(15-16-7-5-8-17(13-16)21(23)26)22(27)18-9-6-10-19(14-18)24-30(28,29)20-11-3-2-4-12-20/h2-14,24H,15H2,1H3,(H2,23,26). The molecule has 3 rings (SSSR count). The maximum atomic E-state index is 12.8. The van der Waals surface area contributed by atoms with E-state index >= 15 is 0 Å². The van der Waals surface area contributed by atoms with Gasteiger partial charge in [-0.25, -0.2) is 8.42 Å². The third-order valence-corrected chi connectivity index (χ3v) is 5.79. The van der Waals surface area contributed by atoms with E-state index < -0.39 is 15.9 Å². The van der Waals surface area contributed by atoms with Crippen molar-refractivity contribution in [1.82, 2.24) is 4.90 Å². The summed E-state index contributed by atoms with van der Waals surface area (Å²) in [7, 11) is -2.13. The Kier molecular flexibility index (Phi) is 6.17. The first-order valence-corrected chi connectivity index (χ1v) is 10.6. The molecule has 3 N–H and O–H groups in total. The number of amides is 2. The molecular formula is C22H21N3O4S. The Morgan fingerprint density at radius 2 is 1.57 bits per heavy atom. The molecule has 0 spiro atoms. The molecular weight excluding hydrogens is 402 g/mol. The minimum absolute atomic E-state index is 0.133. The molecule has 0 unspecified atom stereocenters. The number of nitrogens with two attached hydrogens (primary N) is 1. The average Bonchev–Trinajstić information content (AvgIpc) is 2.74. The fourth-order valence-corrected chi connectivity index (χ4v) is 3.99. The van der Waals surface area contributed by atoms with Gasteiger partial charge in [-0.15, -0.1) is 0 Å².